The standard InChI is InChI=1S/C68H206O33Si34/c1-102(70-104(3,4)5)69-103(2)71-106(9,10)73-108(13,14)75-110(17,18)77-112(21,22)79-114(25,26)81-116(29,30)83-118(33,34)85-120(37,38)87-122(41,42)89-124(45,46)91-126(49,50)93-128(53,54)95-130(57,58)97-132(61,62)99-134(65,66)101-135(67,68)100-133(63,64)98-131(59,60)96-129(55,56)94-127(51,52)92-125(47,48)90-123(43,44)88-121(39,40)86-119(35,36)84-117(31,32)82-115(27,28)80-113(23,24)78-111(19,20)76-109(15,16)74-107(11,12)72-105(6,7)8/h102-103H,1-68H3. The molecule has 33 nitrogen and oxygen atoms in total. The molecule has 0 aromatic carbocycles. The van der Waals surface area contributed by atoms with Gasteiger partial charge in [0, 0.05) is 0 Å². The van der Waals surface area contributed by atoms with Crippen LogP contribution in [0, 0.1) is 0 Å². The first-order valence-electron chi connectivity index (χ1n) is 47.8. The molecule has 0 bridgehead atoms. The van der Waals surface area contributed by atoms with Gasteiger partial charge in [0.1, 0.15) is 0 Å². The third-order valence-corrected chi connectivity index (χ3v) is 145. The average molecular weight is 2510 g/mol. The van der Waals surface area contributed by atoms with E-state index in [1.165, 1.54) is 0 Å². The maximum atomic E-state index is 7.05. The Hall–Kier alpha value is 6.05. The van der Waals surface area contributed by atoms with Crippen LogP contribution >= 0.6 is 0 Å². The predicted molar refractivity (Wildman–Crippen MR) is 633 cm³/mol. The zero-order chi connectivity index (χ0) is 108. The SMILES string of the molecule is C[SiH](O[SiH](C)O[Si](C)(C)O[Si](C)(C)O[Si](C)(C)O[Si](C)(C)O[Si](C)(C)O[Si](C)(C)O[Si](C)(C)O[Si](C)(C)O[Si](C)(C)O[Si](C)(C)O[Si](C)(C)O[Si](C)(C)O[Si](C)(C)O[Si](C)(C)O[Si](C)(C)O[Si](C)(C)O[Si](C)(C)O[Si](C)(C)O[Si](C)(C)O[Si](C)(C)O[Si](C)(C)O[Si](C)(C)O[Si](C)(C)O[Si](C)(C)O[Si](C)(C)O[Si](C)(C)O[Si](C)(C)O[Si](C)(C)O[Si](C)(C)O[Si](C)(C)O[Si](C)(C)C)O[Si](C)(C)C. The maximum absolute atomic E-state index is 7.05. The molecule has 0 saturated heterocycles. The van der Waals surface area contributed by atoms with Crippen LogP contribution in [0.2, 0.25) is 445 Å². The van der Waals surface area contributed by atoms with Crippen molar-refractivity contribution in [3.05, 3.63) is 0 Å². The molecule has 0 N–H and O–H groups in total. The Balaban J connectivity index is 5.98. The molecule has 0 fully saturated rings. The summed E-state index contributed by atoms with van der Waals surface area (Å²) in [5.41, 5.74) is 0. The van der Waals surface area contributed by atoms with Crippen LogP contribution < -0.4 is 0 Å². The normalized spacial score (nSPS) is 16.6. The molecule has 0 amide bonds. The zero-order valence-electron chi connectivity index (χ0n) is 98.6. The molecule has 0 radical (unpaired) electrons. The molecule has 2 atom stereocenters. The molecule has 2 unspecified atom stereocenters. The van der Waals surface area contributed by atoms with Crippen LogP contribution in [0.5, 0.6) is 0 Å². The monoisotopic (exact) mass is 2500 g/mol. The molecular weight excluding hydrogens is 2300 g/mol. The van der Waals surface area contributed by atoms with Gasteiger partial charge in [-0.25, -0.2) is 0 Å². The smallest absolute Gasteiger partial charge is 0.314 e. The van der Waals surface area contributed by atoms with Crippen LogP contribution in [-0.2, 0) is 136 Å². The van der Waals surface area contributed by atoms with E-state index in [1.807, 2.05) is 0 Å². The van der Waals surface area contributed by atoms with Crippen molar-refractivity contribution < 1.29 is 136 Å². The minimum atomic E-state index is -2.95. The molecule has 0 rings (SSSR count). The summed E-state index contributed by atoms with van der Waals surface area (Å²) in [6.07, 6.45) is 0. The first kappa shape index (κ1) is 141. The van der Waals surface area contributed by atoms with E-state index in [4.69, 9.17) is 136 Å². The van der Waals surface area contributed by atoms with Crippen molar-refractivity contribution in [2.45, 2.75) is 445 Å². The highest BCUT2D eigenvalue weighted by atomic mass is 28.6. The van der Waals surface area contributed by atoms with Gasteiger partial charge in [-0.3, -0.25) is 0 Å². The fourth-order valence-corrected chi connectivity index (χ4v) is 190. The van der Waals surface area contributed by atoms with Crippen molar-refractivity contribution in [3.63, 3.8) is 0 Å². The first-order chi connectivity index (χ1) is 57.7. The molecule has 0 spiro atoms. The summed E-state index contributed by atoms with van der Waals surface area (Å²) in [6, 6.07) is 0. The quantitative estimate of drug-likeness (QED) is 0.0511. The third kappa shape index (κ3) is 66.7. The second kappa shape index (κ2) is 48.2. The molecule has 0 aromatic heterocycles. The van der Waals surface area contributed by atoms with Gasteiger partial charge in [-0.05, 0) is 445 Å². The lowest BCUT2D eigenvalue weighted by Crippen LogP contribution is -2.63. The maximum Gasteiger partial charge on any atom is 0.314 e. The summed E-state index contributed by atoms with van der Waals surface area (Å²) < 4.78 is 228. The topological polar surface area (TPSA) is 305 Å². The van der Waals surface area contributed by atoms with Crippen molar-refractivity contribution in [1.82, 2.24) is 0 Å². The summed E-state index contributed by atoms with van der Waals surface area (Å²) in [4.78, 5) is 0. The van der Waals surface area contributed by atoms with Crippen LogP contribution in [0.15, 0.2) is 0 Å². The predicted octanol–water partition coefficient (Wildman–Crippen LogP) is 24.0. The van der Waals surface area contributed by atoms with Crippen LogP contribution in [0.4, 0.5) is 0 Å². The molecule has 0 aromatic rings. The lowest BCUT2D eigenvalue weighted by Gasteiger charge is -2.45. The number of hydrogen-bond acceptors (Lipinski definition) is 33. The van der Waals surface area contributed by atoms with Crippen molar-refractivity contribution >= 4 is 292 Å². The fourth-order valence-electron chi connectivity index (χ4n) is 19.8. The molecule has 0 saturated carbocycles. The van der Waals surface area contributed by atoms with E-state index in [0.29, 0.717) is 0 Å². The summed E-state index contributed by atoms with van der Waals surface area (Å²) in [6.45, 7) is 141. The summed E-state index contributed by atoms with van der Waals surface area (Å²) in [5.74, 6) is 0. The Kier molecular flexibility index (Phi) is 50.4. The lowest BCUT2D eigenvalue weighted by atomic mass is 11.8. The lowest BCUT2D eigenvalue weighted by molar-refractivity contribution is 0.242. The van der Waals surface area contributed by atoms with E-state index >= 15 is 0 Å². The molecule has 67 heteroatoms. The Morgan fingerprint density at radius 3 is 0.244 bits per heavy atom. The van der Waals surface area contributed by atoms with E-state index in [1.54, 1.807) is 0 Å². The van der Waals surface area contributed by atoms with Crippen LogP contribution in [0.25, 0.3) is 0 Å². The van der Waals surface area contributed by atoms with Crippen molar-refractivity contribution in [3.8, 4) is 0 Å². The molecule has 812 valence electrons. The van der Waals surface area contributed by atoms with Crippen LogP contribution in [0.1, 0.15) is 0 Å². The first-order valence-corrected chi connectivity index (χ1v) is 143. The van der Waals surface area contributed by atoms with E-state index in [9.17, 15) is 0 Å². The number of hydrogen-bond donors (Lipinski definition) is 0. The van der Waals surface area contributed by atoms with Crippen LogP contribution in [-0.4, -0.2) is 292 Å². The van der Waals surface area contributed by atoms with Crippen molar-refractivity contribution in [2.24, 2.45) is 0 Å². The molecule has 0 heterocycles. The van der Waals surface area contributed by atoms with E-state index in [0.717, 1.165) is 0 Å². The highest BCUT2D eigenvalue weighted by molar-refractivity contribution is 6.99. The van der Waals surface area contributed by atoms with Gasteiger partial charge in [0.05, 0.1) is 0 Å². The van der Waals surface area contributed by atoms with Gasteiger partial charge in [-0.15, -0.1) is 0 Å². The third-order valence-electron chi connectivity index (χ3n) is 16.2. The van der Waals surface area contributed by atoms with Gasteiger partial charge in [-0.1, -0.05) is 0 Å². The minimum absolute atomic E-state index is 1.71. The van der Waals surface area contributed by atoms with Gasteiger partial charge in [-0.2, -0.15) is 0 Å². The summed E-state index contributed by atoms with van der Waals surface area (Å²) in [5, 5.41) is 0. The van der Waals surface area contributed by atoms with Crippen molar-refractivity contribution in [2.75, 3.05) is 0 Å². The Bertz CT molecular complexity index is 3520. The minimum Gasteiger partial charge on any atom is -0.439 e. The average Bonchev–Trinajstić information content (AvgIpc) is 0.800. The van der Waals surface area contributed by atoms with Gasteiger partial charge in [0.15, 0.2) is 16.6 Å². The number of rotatable bonds is 66. The van der Waals surface area contributed by atoms with E-state index in [-0.39, 0.29) is 0 Å². The van der Waals surface area contributed by atoms with Crippen LogP contribution in [0.3, 0.4) is 0 Å². The Labute approximate surface area is 864 Å². The van der Waals surface area contributed by atoms with Gasteiger partial charge in [0.25, 0.3) is 18.6 Å². The van der Waals surface area contributed by atoms with Crippen molar-refractivity contribution in [1.29, 1.82) is 0 Å². The Morgan fingerprint density at radius 2 is 0.163 bits per heavy atom. The largest absolute Gasteiger partial charge is 0.439 e. The molecule has 135 heavy (non-hydrogen) atoms. The second-order valence-corrected chi connectivity index (χ2v) is 173. The van der Waals surface area contributed by atoms with Gasteiger partial charge >= 0.3 is 257 Å². The van der Waals surface area contributed by atoms with Gasteiger partial charge < -0.3 is 136 Å². The molecule has 0 aliphatic carbocycles. The molecule has 0 aliphatic heterocycles. The second-order valence-electron chi connectivity index (χ2n) is 50.8. The van der Waals surface area contributed by atoms with E-state index in [2.05, 4.69) is 445 Å². The zero-order valence-corrected chi connectivity index (χ0v) is 133. The highest BCUT2D eigenvalue weighted by Crippen LogP contribution is 2.39. The van der Waals surface area contributed by atoms with E-state index < -0.39 is 292 Å². The fraction of sp³-hybridized carbons (Fsp3) is 1.00. The Morgan fingerprint density at radius 1 is 0.0889 bits per heavy atom. The summed E-state index contributed by atoms with van der Waals surface area (Å²) >= 11 is 0. The van der Waals surface area contributed by atoms with Gasteiger partial charge in [0.2, 0.25) is 0 Å². The molecule has 0 aliphatic rings. The summed E-state index contributed by atoms with van der Waals surface area (Å²) in [7, 11) is -93.4. The highest BCUT2D eigenvalue weighted by Gasteiger charge is 2.59. The molecular formula is C68H206O33Si34.